The predicted octanol–water partition coefficient (Wildman–Crippen LogP) is 4.38. The number of nitrogens with zero attached hydrogens (tertiary/aromatic N) is 3. The summed E-state index contributed by atoms with van der Waals surface area (Å²) in [5.41, 5.74) is 4.40. The Bertz CT molecular complexity index is 1230. The van der Waals surface area contributed by atoms with E-state index in [-0.39, 0.29) is 17.9 Å². The van der Waals surface area contributed by atoms with Crippen molar-refractivity contribution >= 4 is 28.8 Å². The fourth-order valence-corrected chi connectivity index (χ4v) is 5.87. The summed E-state index contributed by atoms with van der Waals surface area (Å²) in [5.74, 6) is 0.865. The third-order valence-electron chi connectivity index (χ3n) is 6.90. The highest BCUT2D eigenvalue weighted by Crippen LogP contribution is 2.50. The molecular formula is C27H30N4O2S. The second-order valence-electron chi connectivity index (χ2n) is 9.62. The largest absolute Gasteiger partial charge is 0.378 e. The Hall–Kier alpha value is -3.19. The maximum Gasteiger partial charge on any atom is 0.274 e. The maximum atomic E-state index is 13.7. The van der Waals surface area contributed by atoms with Gasteiger partial charge in [0, 0.05) is 38.4 Å². The van der Waals surface area contributed by atoms with Gasteiger partial charge in [-0.1, -0.05) is 29.8 Å². The molecule has 5 rings (SSSR count). The number of carbonyl (C=O) groups is 2. The molecule has 2 heterocycles. The van der Waals surface area contributed by atoms with E-state index in [1.54, 1.807) is 11.3 Å². The first-order valence-electron chi connectivity index (χ1n) is 11.7. The second-order valence-corrected chi connectivity index (χ2v) is 10.8. The number of nitrogens with one attached hydrogen (secondary N) is 1. The summed E-state index contributed by atoms with van der Waals surface area (Å²) in [4.78, 5) is 36.0. The summed E-state index contributed by atoms with van der Waals surface area (Å²) in [6, 6.07) is 15.8. The molecule has 0 radical (unpaired) electrons. The standard InChI is InChI=1S/C27H30N4O2S/c1-16-6-5-7-19(12-16)25-24(29-17(2)34-25)27(33)31-15-20-13-22(20)23(31)14-28-26(32)18-8-10-21(11-9-18)30(3)4/h5-12,20,22-23H,13-15H2,1-4H3,(H,28,32). The van der Waals surface area contributed by atoms with Crippen LogP contribution in [0.2, 0.25) is 0 Å². The third kappa shape index (κ3) is 4.32. The summed E-state index contributed by atoms with van der Waals surface area (Å²) in [6.07, 6.45) is 1.13. The van der Waals surface area contributed by atoms with Gasteiger partial charge in [-0.3, -0.25) is 9.59 Å². The van der Waals surface area contributed by atoms with Crippen LogP contribution in [-0.4, -0.2) is 54.9 Å². The third-order valence-corrected chi connectivity index (χ3v) is 7.92. The van der Waals surface area contributed by atoms with E-state index in [4.69, 9.17) is 0 Å². The Labute approximate surface area is 204 Å². The van der Waals surface area contributed by atoms with Crippen molar-refractivity contribution in [1.29, 1.82) is 0 Å². The topological polar surface area (TPSA) is 65.5 Å². The van der Waals surface area contributed by atoms with Crippen LogP contribution in [0.25, 0.3) is 10.4 Å². The van der Waals surface area contributed by atoms with Crippen molar-refractivity contribution in [2.45, 2.75) is 26.3 Å². The lowest BCUT2D eigenvalue weighted by Crippen LogP contribution is -2.45. The quantitative estimate of drug-likeness (QED) is 0.576. The summed E-state index contributed by atoms with van der Waals surface area (Å²) < 4.78 is 0. The van der Waals surface area contributed by atoms with Gasteiger partial charge in [-0.2, -0.15) is 0 Å². The fraction of sp³-hybridized carbons (Fsp3) is 0.370. The van der Waals surface area contributed by atoms with Gasteiger partial charge < -0.3 is 15.1 Å². The highest BCUT2D eigenvalue weighted by molar-refractivity contribution is 7.15. The number of aromatic nitrogens is 1. The molecule has 2 amide bonds. The van der Waals surface area contributed by atoms with E-state index in [0.717, 1.165) is 39.7 Å². The molecule has 1 aliphatic carbocycles. The zero-order valence-corrected chi connectivity index (χ0v) is 20.9. The predicted molar refractivity (Wildman–Crippen MR) is 137 cm³/mol. The van der Waals surface area contributed by atoms with Crippen molar-refractivity contribution in [2.75, 3.05) is 32.1 Å². The highest BCUT2D eigenvalue weighted by Gasteiger charge is 2.54. The van der Waals surface area contributed by atoms with Gasteiger partial charge in [-0.25, -0.2) is 4.98 Å². The lowest BCUT2D eigenvalue weighted by atomic mass is 10.1. The van der Waals surface area contributed by atoms with Crippen LogP contribution in [0.1, 0.15) is 37.8 Å². The number of amides is 2. The Balaban J connectivity index is 1.32. The molecular weight excluding hydrogens is 444 g/mol. The maximum absolute atomic E-state index is 13.7. The van der Waals surface area contributed by atoms with Crippen molar-refractivity contribution in [2.24, 2.45) is 11.8 Å². The highest BCUT2D eigenvalue weighted by atomic mass is 32.1. The van der Waals surface area contributed by atoms with Crippen LogP contribution in [0.4, 0.5) is 5.69 Å². The zero-order valence-electron chi connectivity index (χ0n) is 20.0. The van der Waals surface area contributed by atoms with Gasteiger partial charge in [0.05, 0.1) is 15.9 Å². The number of hydrogen-bond donors (Lipinski definition) is 1. The van der Waals surface area contributed by atoms with Gasteiger partial charge in [0.15, 0.2) is 0 Å². The van der Waals surface area contributed by atoms with Crippen LogP contribution < -0.4 is 10.2 Å². The van der Waals surface area contributed by atoms with E-state index in [0.29, 0.717) is 29.6 Å². The number of likely N-dealkylation sites (tertiary alicyclic amines) is 1. The minimum absolute atomic E-state index is 0.00913. The number of carbonyl (C=O) groups excluding carboxylic acids is 2. The van der Waals surface area contributed by atoms with Gasteiger partial charge in [0.1, 0.15) is 5.69 Å². The first-order valence-corrected chi connectivity index (χ1v) is 12.5. The van der Waals surface area contributed by atoms with E-state index in [1.807, 2.05) is 67.2 Å². The zero-order chi connectivity index (χ0) is 24.0. The molecule has 34 heavy (non-hydrogen) atoms. The molecule has 3 atom stereocenters. The molecule has 176 valence electrons. The number of aryl methyl sites for hydroxylation is 2. The minimum atomic E-state index is -0.105. The van der Waals surface area contributed by atoms with Crippen LogP contribution >= 0.6 is 11.3 Å². The monoisotopic (exact) mass is 474 g/mol. The van der Waals surface area contributed by atoms with Crippen molar-refractivity contribution < 1.29 is 9.59 Å². The number of fused-ring (bicyclic) bond motifs is 1. The molecule has 2 aromatic carbocycles. The number of anilines is 1. The van der Waals surface area contributed by atoms with Gasteiger partial charge in [-0.05, 0) is 61.9 Å². The molecule has 0 bridgehead atoms. The van der Waals surface area contributed by atoms with Crippen molar-refractivity contribution in [3.05, 3.63) is 70.4 Å². The molecule has 1 aliphatic heterocycles. The molecule has 7 heteroatoms. The smallest absolute Gasteiger partial charge is 0.274 e. The van der Waals surface area contributed by atoms with Gasteiger partial charge in [0.25, 0.3) is 11.8 Å². The molecule has 2 fully saturated rings. The van der Waals surface area contributed by atoms with Gasteiger partial charge in [-0.15, -0.1) is 11.3 Å². The Kier molecular flexibility index (Phi) is 5.90. The Morgan fingerprint density at radius 3 is 2.62 bits per heavy atom. The van der Waals surface area contributed by atoms with Crippen molar-refractivity contribution in [3.8, 4) is 10.4 Å². The second kappa shape index (κ2) is 8.87. The molecule has 1 saturated carbocycles. The summed E-state index contributed by atoms with van der Waals surface area (Å²) in [7, 11) is 3.95. The number of rotatable bonds is 6. The van der Waals surface area contributed by atoms with E-state index >= 15 is 0 Å². The first-order chi connectivity index (χ1) is 16.3. The molecule has 3 aromatic rings. The SMILES string of the molecule is Cc1cccc(-c2sc(C)nc2C(=O)N2CC3CC3C2CNC(=O)c2ccc(N(C)C)cc2)c1. The average molecular weight is 475 g/mol. The van der Waals surface area contributed by atoms with Crippen LogP contribution in [0.15, 0.2) is 48.5 Å². The average Bonchev–Trinajstić information content (AvgIpc) is 3.33. The normalized spacial score (nSPS) is 20.7. The fourth-order valence-electron chi connectivity index (χ4n) is 4.97. The molecule has 1 N–H and O–H groups in total. The Morgan fingerprint density at radius 2 is 1.91 bits per heavy atom. The van der Waals surface area contributed by atoms with E-state index in [2.05, 4.69) is 29.4 Å². The lowest BCUT2D eigenvalue weighted by Gasteiger charge is -2.27. The number of benzene rings is 2. The lowest BCUT2D eigenvalue weighted by molar-refractivity contribution is 0.0690. The van der Waals surface area contributed by atoms with Crippen LogP contribution in [0.3, 0.4) is 0 Å². The number of hydrogen-bond acceptors (Lipinski definition) is 5. The molecule has 6 nitrogen and oxygen atoms in total. The summed E-state index contributed by atoms with van der Waals surface area (Å²) in [6.45, 7) is 5.20. The first kappa shape index (κ1) is 22.6. The van der Waals surface area contributed by atoms with E-state index in [1.165, 1.54) is 0 Å². The van der Waals surface area contributed by atoms with Crippen molar-refractivity contribution in [1.82, 2.24) is 15.2 Å². The summed E-state index contributed by atoms with van der Waals surface area (Å²) in [5, 5.41) is 3.96. The number of thiazole rings is 1. The molecule has 0 spiro atoms. The summed E-state index contributed by atoms with van der Waals surface area (Å²) >= 11 is 1.56. The molecule has 3 unspecified atom stereocenters. The molecule has 1 saturated heterocycles. The molecule has 2 aliphatic rings. The number of piperidine rings is 1. The van der Waals surface area contributed by atoms with E-state index in [9.17, 15) is 9.59 Å². The van der Waals surface area contributed by atoms with E-state index < -0.39 is 0 Å². The van der Waals surface area contributed by atoms with Gasteiger partial charge in [0.2, 0.25) is 0 Å². The Morgan fingerprint density at radius 1 is 1.15 bits per heavy atom. The van der Waals surface area contributed by atoms with Crippen LogP contribution in [-0.2, 0) is 0 Å². The molecule has 1 aromatic heterocycles. The van der Waals surface area contributed by atoms with Crippen molar-refractivity contribution in [3.63, 3.8) is 0 Å². The minimum Gasteiger partial charge on any atom is -0.378 e. The van der Waals surface area contributed by atoms with Crippen LogP contribution in [0, 0.1) is 25.7 Å². The van der Waals surface area contributed by atoms with Crippen LogP contribution in [0.5, 0.6) is 0 Å². The van der Waals surface area contributed by atoms with Gasteiger partial charge >= 0.3 is 0 Å².